The fraction of sp³-hybridized carbons (Fsp3) is 0.375. The lowest BCUT2D eigenvalue weighted by molar-refractivity contribution is 0.0906. The van der Waals surface area contributed by atoms with Gasteiger partial charge in [-0.05, 0) is 29.7 Å². The Kier molecular flexibility index (Phi) is 5.72. The van der Waals surface area contributed by atoms with Crippen LogP contribution in [0.5, 0.6) is 0 Å². The van der Waals surface area contributed by atoms with Gasteiger partial charge in [0.2, 0.25) is 0 Å². The molecule has 10 nitrogen and oxygen atoms in total. The van der Waals surface area contributed by atoms with Gasteiger partial charge >= 0.3 is 11.8 Å². The molecule has 1 fully saturated rings. The maximum atomic E-state index is 15.1. The number of nitrogens with two attached hydrogens (primary N) is 1. The van der Waals surface area contributed by atoms with Gasteiger partial charge in [0.15, 0.2) is 17.3 Å². The molecule has 0 unspecified atom stereocenters. The Labute approximate surface area is 201 Å². The number of benzene rings is 1. The molecule has 4 heterocycles. The molecule has 0 aliphatic carbocycles. The van der Waals surface area contributed by atoms with Crippen molar-refractivity contribution in [3.8, 4) is 11.1 Å². The summed E-state index contributed by atoms with van der Waals surface area (Å²) in [5.41, 5.74) is 8.19. The molecule has 0 bridgehead atoms. The Balaban J connectivity index is 1.36. The number of aromatic nitrogens is 5. The Hall–Kier alpha value is -3.86. The number of nitrogens with one attached hydrogen (secondary N) is 2. The van der Waals surface area contributed by atoms with Crippen molar-refractivity contribution >= 4 is 22.8 Å². The Bertz CT molecular complexity index is 1390. The molecule has 1 saturated heterocycles. The molecular weight excluding hydrogens is 451 g/mol. The largest absolute Gasteiger partial charge is 0.353 e. The molecule has 1 aliphatic rings. The molecule has 3 aromatic heterocycles. The van der Waals surface area contributed by atoms with Crippen LogP contribution in [-0.2, 0) is 12.0 Å². The highest BCUT2D eigenvalue weighted by Gasteiger charge is 2.26. The molecule has 1 atom stereocenters. The minimum atomic E-state index is -0.556. The van der Waals surface area contributed by atoms with Crippen molar-refractivity contribution in [3.05, 3.63) is 53.6 Å². The van der Waals surface area contributed by atoms with Gasteiger partial charge in [0.05, 0.1) is 5.39 Å². The van der Waals surface area contributed by atoms with Gasteiger partial charge in [-0.15, -0.1) is 0 Å². The first kappa shape index (κ1) is 22.9. The predicted molar refractivity (Wildman–Crippen MR) is 128 cm³/mol. The zero-order valence-corrected chi connectivity index (χ0v) is 19.8. The number of nitrogens with zero attached hydrogens (tertiary/aromatic N) is 5. The highest BCUT2D eigenvalue weighted by Crippen LogP contribution is 2.35. The Morgan fingerprint density at radius 2 is 2.17 bits per heavy atom. The third-order valence-corrected chi connectivity index (χ3v) is 6.06. The van der Waals surface area contributed by atoms with Crippen LogP contribution in [0.4, 0.5) is 10.2 Å². The number of amides is 1. The van der Waals surface area contributed by atoms with Gasteiger partial charge in [-0.1, -0.05) is 38.1 Å². The van der Waals surface area contributed by atoms with Crippen molar-refractivity contribution < 1.29 is 13.7 Å². The van der Waals surface area contributed by atoms with Crippen LogP contribution in [-0.4, -0.2) is 50.4 Å². The van der Waals surface area contributed by atoms with E-state index >= 15 is 4.39 Å². The quantitative estimate of drug-likeness (QED) is 0.398. The maximum Gasteiger partial charge on any atom is 0.315 e. The minimum absolute atomic E-state index is 0.0213. The first-order valence-electron chi connectivity index (χ1n) is 11.5. The molecule has 4 aromatic rings. The third kappa shape index (κ3) is 4.46. The van der Waals surface area contributed by atoms with Crippen LogP contribution in [0.2, 0.25) is 0 Å². The Morgan fingerprint density at radius 3 is 2.86 bits per heavy atom. The summed E-state index contributed by atoms with van der Waals surface area (Å²) in [6.45, 7) is 7.24. The molecule has 1 aliphatic heterocycles. The summed E-state index contributed by atoms with van der Waals surface area (Å²) in [5, 5.41) is 14.7. The fourth-order valence-electron chi connectivity index (χ4n) is 4.11. The highest BCUT2D eigenvalue weighted by atomic mass is 19.1. The van der Waals surface area contributed by atoms with E-state index in [1.165, 1.54) is 6.07 Å². The molecule has 0 spiro atoms. The molecule has 5 rings (SSSR count). The minimum Gasteiger partial charge on any atom is -0.353 e. The number of pyridine rings is 1. The van der Waals surface area contributed by atoms with Crippen LogP contribution < -0.4 is 16.0 Å². The van der Waals surface area contributed by atoms with Crippen molar-refractivity contribution in [2.45, 2.75) is 45.2 Å². The smallest absolute Gasteiger partial charge is 0.315 e. The summed E-state index contributed by atoms with van der Waals surface area (Å²) in [6, 6.07) is 6.86. The van der Waals surface area contributed by atoms with Crippen LogP contribution in [0.25, 0.3) is 22.2 Å². The van der Waals surface area contributed by atoms with Gasteiger partial charge in [0.1, 0.15) is 5.82 Å². The molecule has 1 amide bonds. The van der Waals surface area contributed by atoms with E-state index in [2.05, 4.69) is 35.5 Å². The highest BCUT2D eigenvalue weighted by molar-refractivity contribution is 6.00. The van der Waals surface area contributed by atoms with Gasteiger partial charge in [0, 0.05) is 42.9 Å². The predicted octanol–water partition coefficient (Wildman–Crippen LogP) is 2.91. The van der Waals surface area contributed by atoms with Gasteiger partial charge in [-0.2, -0.15) is 10.1 Å². The van der Waals surface area contributed by atoms with E-state index in [1.54, 1.807) is 12.3 Å². The monoisotopic (exact) mass is 478 g/mol. The van der Waals surface area contributed by atoms with Gasteiger partial charge < -0.3 is 20.5 Å². The van der Waals surface area contributed by atoms with Crippen molar-refractivity contribution in [3.63, 3.8) is 0 Å². The second-order valence-corrected chi connectivity index (χ2v) is 9.79. The number of hydrogen-bond acceptors (Lipinski definition) is 8. The van der Waals surface area contributed by atoms with Crippen molar-refractivity contribution in [2.24, 2.45) is 5.73 Å². The number of hydrogen-bond donors (Lipinski definition) is 3. The molecule has 0 radical (unpaired) electrons. The lowest BCUT2D eigenvalue weighted by atomic mass is 9.96. The van der Waals surface area contributed by atoms with E-state index in [4.69, 9.17) is 10.3 Å². The average Bonchev–Trinajstić information content (AvgIpc) is 3.56. The van der Waals surface area contributed by atoms with Gasteiger partial charge in [-0.25, -0.2) is 9.37 Å². The third-order valence-electron chi connectivity index (χ3n) is 6.06. The summed E-state index contributed by atoms with van der Waals surface area (Å²) in [5.74, 6) is 0.0414. The van der Waals surface area contributed by atoms with Crippen LogP contribution in [0, 0.1) is 5.82 Å². The van der Waals surface area contributed by atoms with Crippen molar-refractivity contribution in [1.29, 1.82) is 0 Å². The van der Waals surface area contributed by atoms with E-state index in [-0.39, 0.29) is 23.9 Å². The average molecular weight is 479 g/mol. The molecular formula is C24H27FN8O2. The zero-order chi connectivity index (χ0) is 24.7. The number of H-pyrrole nitrogens is 1. The molecule has 35 heavy (non-hydrogen) atoms. The van der Waals surface area contributed by atoms with Gasteiger partial charge in [0.25, 0.3) is 0 Å². The lowest BCUT2D eigenvalue weighted by Crippen LogP contribution is -2.26. The van der Waals surface area contributed by atoms with E-state index < -0.39 is 11.7 Å². The number of rotatable bonds is 5. The molecule has 0 saturated carbocycles. The number of carbonyl (C=O) groups is 1. The van der Waals surface area contributed by atoms with Crippen LogP contribution in [0.3, 0.4) is 0 Å². The molecule has 1 aromatic carbocycles. The summed E-state index contributed by atoms with van der Waals surface area (Å²) in [6.07, 6.45) is 2.55. The Morgan fingerprint density at radius 1 is 1.34 bits per heavy atom. The summed E-state index contributed by atoms with van der Waals surface area (Å²) < 4.78 is 20.1. The fourth-order valence-corrected chi connectivity index (χ4v) is 4.11. The lowest BCUT2D eigenvalue weighted by Gasteiger charge is -2.16. The van der Waals surface area contributed by atoms with Crippen molar-refractivity contribution in [1.82, 2.24) is 30.6 Å². The SMILES string of the molecule is CC(C)(C)c1noc(C(=O)NCc2ccc(-c3ccnc4[nH]nc(N5CC[C@H](N)C5)c34)cc2F)n1. The number of halogens is 1. The van der Waals surface area contributed by atoms with Crippen LogP contribution >= 0.6 is 0 Å². The number of fused-ring (bicyclic) bond motifs is 1. The van der Waals surface area contributed by atoms with Crippen LogP contribution in [0.1, 0.15) is 49.3 Å². The second kappa shape index (κ2) is 8.73. The second-order valence-electron chi connectivity index (χ2n) is 9.79. The topological polar surface area (TPSA) is 139 Å². The summed E-state index contributed by atoms with van der Waals surface area (Å²) in [7, 11) is 0. The number of anilines is 1. The summed E-state index contributed by atoms with van der Waals surface area (Å²) in [4.78, 5) is 23.0. The number of aromatic amines is 1. The maximum absolute atomic E-state index is 15.1. The number of carbonyl (C=O) groups excluding carboxylic acids is 1. The zero-order valence-electron chi connectivity index (χ0n) is 19.8. The van der Waals surface area contributed by atoms with E-state index in [0.29, 0.717) is 29.1 Å². The van der Waals surface area contributed by atoms with Crippen LogP contribution in [0.15, 0.2) is 35.0 Å². The standard InChI is InChI=1S/C24H27FN8O2/c1-24(2,3)23-29-22(35-32-23)21(34)28-11-14-5-4-13(10-17(14)25)16-6-8-27-19-18(16)20(31-30-19)33-9-7-15(26)12-33/h4-6,8,10,15H,7,9,11-12,26H2,1-3H3,(H,28,34)(H,27,30,31)/t15-/m0/s1. The van der Waals surface area contributed by atoms with E-state index in [1.807, 2.05) is 32.9 Å². The first-order valence-corrected chi connectivity index (χ1v) is 11.5. The van der Waals surface area contributed by atoms with Crippen molar-refractivity contribution in [2.75, 3.05) is 18.0 Å². The van der Waals surface area contributed by atoms with E-state index in [9.17, 15) is 4.79 Å². The normalized spacial score (nSPS) is 16.3. The van der Waals surface area contributed by atoms with E-state index in [0.717, 1.165) is 29.7 Å². The molecule has 182 valence electrons. The molecule has 11 heteroatoms. The molecule has 4 N–H and O–H groups in total. The summed E-state index contributed by atoms with van der Waals surface area (Å²) >= 11 is 0. The van der Waals surface area contributed by atoms with Gasteiger partial charge in [-0.3, -0.25) is 9.89 Å². The first-order chi connectivity index (χ1) is 16.7.